The van der Waals surface area contributed by atoms with Crippen molar-refractivity contribution in [3.05, 3.63) is 45.9 Å². The average molecular weight is 471 g/mol. The fourth-order valence-corrected chi connectivity index (χ4v) is 5.83. The number of rotatable bonds is 5. The van der Waals surface area contributed by atoms with E-state index in [-0.39, 0.29) is 33.2 Å². The van der Waals surface area contributed by atoms with Gasteiger partial charge in [-0.2, -0.15) is 4.98 Å². The van der Waals surface area contributed by atoms with E-state index in [9.17, 15) is 17.6 Å². The molecule has 1 aromatic carbocycles. The second kappa shape index (κ2) is 7.97. The zero-order valence-corrected chi connectivity index (χ0v) is 18.1. The van der Waals surface area contributed by atoms with Crippen LogP contribution in [-0.4, -0.2) is 42.5 Å². The molecule has 8 nitrogen and oxygen atoms in total. The first-order valence-electron chi connectivity index (χ1n) is 8.96. The van der Waals surface area contributed by atoms with Crippen LogP contribution in [-0.2, 0) is 10.0 Å². The normalized spacial score (nSPS) is 14.3. The molecule has 3 aromatic rings. The number of aryl methyl sites for hydroxylation is 1. The number of amides is 1. The molecular weight excluding hydrogens is 455 g/mol. The van der Waals surface area contributed by atoms with Crippen LogP contribution in [0.2, 0.25) is 5.02 Å². The second-order valence-electron chi connectivity index (χ2n) is 6.69. The van der Waals surface area contributed by atoms with E-state index >= 15 is 0 Å². The Morgan fingerprint density at radius 2 is 2.03 bits per heavy atom. The van der Waals surface area contributed by atoms with Gasteiger partial charge in [-0.05, 0) is 44.0 Å². The van der Waals surface area contributed by atoms with Crippen LogP contribution < -0.4 is 4.72 Å². The number of hydrogen-bond acceptors (Lipinski definition) is 7. The minimum absolute atomic E-state index is 0.0140. The van der Waals surface area contributed by atoms with Crippen molar-refractivity contribution in [1.29, 1.82) is 0 Å². The number of halogens is 2. The summed E-state index contributed by atoms with van der Waals surface area (Å²) in [6.45, 7) is 2.93. The van der Waals surface area contributed by atoms with E-state index in [0.29, 0.717) is 22.8 Å². The Balaban J connectivity index is 1.58. The number of benzene rings is 1. The van der Waals surface area contributed by atoms with Gasteiger partial charge < -0.3 is 9.42 Å². The van der Waals surface area contributed by atoms with Crippen molar-refractivity contribution in [2.75, 3.05) is 17.8 Å². The molecule has 1 N–H and O–H groups in total. The van der Waals surface area contributed by atoms with Crippen molar-refractivity contribution in [2.45, 2.75) is 24.7 Å². The van der Waals surface area contributed by atoms with Gasteiger partial charge in [-0.3, -0.25) is 9.52 Å². The first-order chi connectivity index (χ1) is 14.2. The summed E-state index contributed by atoms with van der Waals surface area (Å²) in [7, 11) is -3.97. The molecule has 2 aromatic heterocycles. The SMILES string of the molecule is Cc1sc(-c2noc(C(=O)N3CCCC3)n2)cc1S(=O)(=O)Nc1ccc(F)c(Cl)c1. The third-order valence-electron chi connectivity index (χ3n) is 4.56. The summed E-state index contributed by atoms with van der Waals surface area (Å²) in [5.41, 5.74) is 0.131. The molecule has 0 aliphatic carbocycles. The first-order valence-corrected chi connectivity index (χ1v) is 11.6. The van der Waals surface area contributed by atoms with Gasteiger partial charge >= 0.3 is 11.8 Å². The number of aromatic nitrogens is 2. The highest BCUT2D eigenvalue weighted by Gasteiger charge is 2.27. The summed E-state index contributed by atoms with van der Waals surface area (Å²) in [5.74, 6) is -0.967. The minimum atomic E-state index is -3.97. The van der Waals surface area contributed by atoms with Crippen LogP contribution in [0.15, 0.2) is 33.7 Å². The third kappa shape index (κ3) is 4.05. The summed E-state index contributed by atoms with van der Waals surface area (Å²) >= 11 is 6.87. The molecule has 1 fully saturated rings. The lowest BCUT2D eigenvalue weighted by molar-refractivity contribution is 0.0743. The third-order valence-corrected chi connectivity index (χ3v) is 7.53. The van der Waals surface area contributed by atoms with E-state index in [1.54, 1.807) is 11.8 Å². The van der Waals surface area contributed by atoms with Gasteiger partial charge in [-0.1, -0.05) is 16.8 Å². The number of hydrogen-bond donors (Lipinski definition) is 1. The number of thiophene rings is 1. The van der Waals surface area contributed by atoms with Crippen molar-refractivity contribution in [2.24, 2.45) is 0 Å². The maximum absolute atomic E-state index is 13.3. The van der Waals surface area contributed by atoms with E-state index in [0.717, 1.165) is 30.2 Å². The fraction of sp³-hybridized carbons (Fsp3) is 0.278. The van der Waals surface area contributed by atoms with Gasteiger partial charge in [0.1, 0.15) is 10.7 Å². The van der Waals surface area contributed by atoms with Gasteiger partial charge in [0, 0.05) is 18.0 Å². The lowest BCUT2D eigenvalue weighted by atomic mass is 10.3. The van der Waals surface area contributed by atoms with Crippen molar-refractivity contribution < 1.29 is 22.1 Å². The quantitative estimate of drug-likeness (QED) is 0.605. The Kier molecular flexibility index (Phi) is 5.51. The van der Waals surface area contributed by atoms with E-state index in [1.165, 1.54) is 18.2 Å². The van der Waals surface area contributed by atoms with E-state index in [4.69, 9.17) is 16.1 Å². The topological polar surface area (TPSA) is 105 Å². The molecule has 3 heterocycles. The Bertz CT molecular complexity index is 1220. The van der Waals surface area contributed by atoms with Crippen molar-refractivity contribution in [3.63, 3.8) is 0 Å². The Morgan fingerprint density at radius 1 is 1.30 bits per heavy atom. The molecule has 0 atom stereocenters. The summed E-state index contributed by atoms with van der Waals surface area (Å²) in [6, 6.07) is 4.94. The molecule has 1 amide bonds. The highest BCUT2D eigenvalue weighted by molar-refractivity contribution is 7.93. The van der Waals surface area contributed by atoms with Gasteiger partial charge in [-0.15, -0.1) is 11.3 Å². The molecule has 158 valence electrons. The molecule has 1 saturated heterocycles. The lowest BCUT2D eigenvalue weighted by Crippen LogP contribution is -2.27. The summed E-state index contributed by atoms with van der Waals surface area (Å²) in [4.78, 5) is 19.1. The Morgan fingerprint density at radius 3 is 2.73 bits per heavy atom. The predicted octanol–water partition coefficient (Wildman–Crippen LogP) is 3.94. The van der Waals surface area contributed by atoms with Crippen molar-refractivity contribution in [1.82, 2.24) is 15.0 Å². The predicted molar refractivity (Wildman–Crippen MR) is 110 cm³/mol. The molecule has 12 heteroatoms. The number of anilines is 1. The highest BCUT2D eigenvalue weighted by atomic mass is 35.5. The Hall–Kier alpha value is -2.50. The molecule has 1 aliphatic rings. The monoisotopic (exact) mass is 470 g/mol. The zero-order chi connectivity index (χ0) is 21.5. The summed E-state index contributed by atoms with van der Waals surface area (Å²) in [5, 5.41) is 3.63. The molecule has 0 radical (unpaired) electrons. The maximum atomic E-state index is 13.3. The largest absolute Gasteiger partial charge is 0.334 e. The molecule has 0 spiro atoms. The van der Waals surface area contributed by atoms with Gasteiger partial charge in [-0.25, -0.2) is 12.8 Å². The molecule has 4 rings (SSSR count). The van der Waals surface area contributed by atoms with Gasteiger partial charge in [0.2, 0.25) is 5.82 Å². The number of carbonyl (C=O) groups is 1. The molecule has 0 saturated carbocycles. The first kappa shape index (κ1) is 20.8. The van der Waals surface area contributed by atoms with Gasteiger partial charge in [0.05, 0.1) is 15.6 Å². The Labute approximate surface area is 180 Å². The van der Waals surface area contributed by atoms with Gasteiger partial charge in [0.15, 0.2) is 0 Å². The van der Waals surface area contributed by atoms with Crippen molar-refractivity contribution in [3.8, 4) is 10.7 Å². The fourth-order valence-electron chi connectivity index (χ4n) is 3.08. The van der Waals surface area contributed by atoms with E-state index in [2.05, 4.69) is 14.9 Å². The van der Waals surface area contributed by atoms with Crippen LogP contribution in [0.5, 0.6) is 0 Å². The lowest BCUT2D eigenvalue weighted by Gasteiger charge is -2.10. The second-order valence-corrected chi connectivity index (χ2v) is 10.0. The van der Waals surface area contributed by atoms with Crippen molar-refractivity contribution >= 4 is 44.6 Å². The molecule has 0 bridgehead atoms. The molecular formula is C18H16ClFN4O4S2. The highest BCUT2D eigenvalue weighted by Crippen LogP contribution is 2.33. The van der Waals surface area contributed by atoms with Crippen LogP contribution in [0.3, 0.4) is 0 Å². The minimum Gasteiger partial charge on any atom is -0.334 e. The van der Waals surface area contributed by atoms with Crippen LogP contribution in [0.1, 0.15) is 28.4 Å². The number of nitrogens with one attached hydrogen (secondary N) is 1. The maximum Gasteiger partial charge on any atom is 0.316 e. The van der Waals surface area contributed by atoms with E-state index in [1.807, 2.05) is 0 Å². The number of likely N-dealkylation sites (tertiary alicyclic amines) is 1. The number of sulfonamides is 1. The summed E-state index contributed by atoms with van der Waals surface area (Å²) < 4.78 is 46.3. The van der Waals surface area contributed by atoms with E-state index < -0.39 is 15.8 Å². The average Bonchev–Trinajstić information content (AvgIpc) is 3.43. The van der Waals surface area contributed by atoms with Crippen LogP contribution in [0, 0.1) is 12.7 Å². The molecule has 1 aliphatic heterocycles. The van der Waals surface area contributed by atoms with Crippen LogP contribution >= 0.6 is 22.9 Å². The standard InChI is InChI=1S/C18H16ClFN4O4S2/c1-10-15(30(26,27)23-11-4-5-13(20)12(19)8-11)9-14(29-10)16-21-17(28-22-16)18(25)24-6-2-3-7-24/h4-5,8-9,23H,2-3,6-7H2,1H3. The van der Waals surface area contributed by atoms with Crippen LogP contribution in [0.4, 0.5) is 10.1 Å². The van der Waals surface area contributed by atoms with Gasteiger partial charge in [0.25, 0.3) is 10.0 Å². The van der Waals surface area contributed by atoms with Crippen LogP contribution in [0.25, 0.3) is 10.7 Å². The number of carbonyl (C=O) groups excluding carboxylic acids is 1. The zero-order valence-electron chi connectivity index (χ0n) is 15.7. The molecule has 0 unspecified atom stereocenters. The smallest absolute Gasteiger partial charge is 0.316 e. The number of nitrogens with zero attached hydrogens (tertiary/aromatic N) is 3. The molecule has 30 heavy (non-hydrogen) atoms. The summed E-state index contributed by atoms with van der Waals surface area (Å²) in [6.07, 6.45) is 1.87.